The van der Waals surface area contributed by atoms with E-state index in [-0.39, 0.29) is 6.03 Å². The van der Waals surface area contributed by atoms with Gasteiger partial charge >= 0.3 is 6.03 Å². The second-order valence-corrected chi connectivity index (χ2v) is 6.54. The number of carbonyl (C=O) groups is 1. The summed E-state index contributed by atoms with van der Waals surface area (Å²) < 4.78 is 8.11. The summed E-state index contributed by atoms with van der Waals surface area (Å²) in [6.45, 7) is 2.10. The van der Waals surface area contributed by atoms with Crippen LogP contribution in [-0.4, -0.2) is 19.4 Å². The Labute approximate surface area is 147 Å². The first kappa shape index (κ1) is 16.7. The molecular weight excluding hydrogens is 320 g/mol. The van der Waals surface area contributed by atoms with Gasteiger partial charge in [0.05, 0.1) is 12.8 Å². The number of anilines is 1. The van der Waals surface area contributed by atoms with Crippen molar-refractivity contribution in [3.8, 4) is 16.9 Å². The van der Waals surface area contributed by atoms with Gasteiger partial charge in [0.25, 0.3) is 0 Å². The summed E-state index contributed by atoms with van der Waals surface area (Å²) in [4.78, 5) is 12.2. The number of ether oxygens (including phenoxy) is 1. The summed E-state index contributed by atoms with van der Waals surface area (Å²) >= 11 is 1.29. The van der Waals surface area contributed by atoms with Crippen molar-refractivity contribution in [2.24, 2.45) is 0 Å². The molecular formula is C19H22N2O2S. The number of urea groups is 1. The molecule has 0 spiro atoms. The van der Waals surface area contributed by atoms with Gasteiger partial charge in [-0.3, -0.25) is 4.72 Å². The molecule has 24 heavy (non-hydrogen) atoms. The van der Waals surface area contributed by atoms with Crippen LogP contribution < -0.4 is 14.8 Å². The first-order valence-electron chi connectivity index (χ1n) is 8.03. The third kappa shape index (κ3) is 3.22. The van der Waals surface area contributed by atoms with Crippen molar-refractivity contribution >= 4 is 23.7 Å². The molecule has 2 amide bonds. The normalized spacial score (nSPS) is 12.6. The van der Waals surface area contributed by atoms with Crippen molar-refractivity contribution in [2.45, 2.75) is 26.2 Å². The van der Waals surface area contributed by atoms with E-state index in [4.69, 9.17) is 4.74 Å². The molecule has 4 nitrogen and oxygen atoms in total. The topological polar surface area (TPSA) is 50.4 Å². The average molecular weight is 342 g/mol. The van der Waals surface area contributed by atoms with Gasteiger partial charge in [-0.1, -0.05) is 30.1 Å². The number of hydrogen-bond acceptors (Lipinski definition) is 3. The van der Waals surface area contributed by atoms with E-state index < -0.39 is 0 Å². The second kappa shape index (κ2) is 7.18. The molecule has 0 aliphatic heterocycles. The molecule has 126 valence electrons. The fraction of sp³-hybridized carbons (Fsp3) is 0.316. The van der Waals surface area contributed by atoms with E-state index in [2.05, 4.69) is 29.1 Å². The number of nitrogens with one attached hydrogen (secondary N) is 2. The van der Waals surface area contributed by atoms with Crippen molar-refractivity contribution in [3.63, 3.8) is 0 Å². The Morgan fingerprint density at radius 1 is 1.25 bits per heavy atom. The summed E-state index contributed by atoms with van der Waals surface area (Å²) in [6.07, 6.45) is 5.05. The van der Waals surface area contributed by atoms with E-state index in [1.54, 1.807) is 7.11 Å². The Hall–Kier alpha value is -2.14. The minimum atomic E-state index is -0.189. The van der Waals surface area contributed by atoms with E-state index in [9.17, 15) is 4.79 Å². The minimum Gasteiger partial charge on any atom is -0.497 e. The molecule has 3 rings (SSSR count). The third-order valence-electron chi connectivity index (χ3n) is 4.39. The van der Waals surface area contributed by atoms with Gasteiger partial charge in [-0.15, -0.1) is 0 Å². The molecule has 2 aromatic carbocycles. The molecule has 1 aliphatic carbocycles. The second-order valence-electron chi connectivity index (χ2n) is 5.93. The number of benzene rings is 2. The SMILES string of the molecule is COc1cccc(-c2c(C)cc3c(c2NC(=O)NSC)CCC3)c1. The maximum atomic E-state index is 12.2. The molecule has 0 unspecified atom stereocenters. The highest BCUT2D eigenvalue weighted by Gasteiger charge is 2.22. The molecule has 0 saturated carbocycles. The Bertz CT molecular complexity index is 774. The van der Waals surface area contributed by atoms with E-state index in [1.165, 1.54) is 28.6 Å². The molecule has 0 atom stereocenters. The Morgan fingerprint density at radius 3 is 2.83 bits per heavy atom. The van der Waals surface area contributed by atoms with Gasteiger partial charge in [-0.25, -0.2) is 4.79 Å². The number of carbonyl (C=O) groups excluding carboxylic acids is 1. The van der Waals surface area contributed by atoms with Crippen LogP contribution in [-0.2, 0) is 12.8 Å². The molecule has 0 bridgehead atoms. The van der Waals surface area contributed by atoms with Crippen LogP contribution in [0.25, 0.3) is 11.1 Å². The van der Waals surface area contributed by atoms with E-state index in [0.29, 0.717) is 0 Å². The summed E-state index contributed by atoms with van der Waals surface area (Å²) in [5.41, 5.74) is 6.84. The standard InChI is InChI=1S/C19H22N2O2S/c1-12-10-13-6-5-9-16(13)18(20-19(22)21-24-3)17(12)14-7-4-8-15(11-14)23-2/h4,7-8,10-11H,5-6,9H2,1-3H3,(H2,20,21,22). The molecule has 0 fully saturated rings. The van der Waals surface area contributed by atoms with Crippen LogP contribution in [0.2, 0.25) is 0 Å². The Kier molecular flexibility index (Phi) is 5.00. The number of methoxy groups -OCH3 is 1. The number of fused-ring (bicyclic) bond motifs is 1. The van der Waals surface area contributed by atoms with Gasteiger partial charge in [0.2, 0.25) is 0 Å². The Balaban J connectivity index is 2.15. The number of rotatable bonds is 4. The molecule has 2 N–H and O–H groups in total. The predicted molar refractivity (Wildman–Crippen MR) is 101 cm³/mol. The highest BCUT2D eigenvalue weighted by Crippen LogP contribution is 2.40. The van der Waals surface area contributed by atoms with Gasteiger partial charge in [-0.05, 0) is 60.6 Å². The summed E-state index contributed by atoms with van der Waals surface area (Å²) in [5, 5.41) is 3.08. The maximum Gasteiger partial charge on any atom is 0.329 e. The molecule has 0 saturated heterocycles. The lowest BCUT2D eigenvalue weighted by atomic mass is 9.92. The van der Waals surface area contributed by atoms with Crippen molar-refractivity contribution in [1.82, 2.24) is 4.72 Å². The van der Waals surface area contributed by atoms with Crippen LogP contribution in [0.5, 0.6) is 5.75 Å². The monoisotopic (exact) mass is 342 g/mol. The molecule has 0 aromatic heterocycles. The van der Waals surface area contributed by atoms with Crippen LogP contribution in [0.3, 0.4) is 0 Å². The maximum absolute atomic E-state index is 12.2. The van der Waals surface area contributed by atoms with E-state index in [1.807, 2.05) is 24.5 Å². The highest BCUT2D eigenvalue weighted by molar-refractivity contribution is 7.97. The summed E-state index contributed by atoms with van der Waals surface area (Å²) in [5.74, 6) is 0.812. The number of hydrogen-bond donors (Lipinski definition) is 2. The fourth-order valence-corrected chi connectivity index (χ4v) is 3.65. The first-order valence-corrected chi connectivity index (χ1v) is 9.26. The largest absolute Gasteiger partial charge is 0.497 e. The average Bonchev–Trinajstić information content (AvgIpc) is 3.03. The van der Waals surface area contributed by atoms with Crippen molar-refractivity contribution in [2.75, 3.05) is 18.7 Å². The van der Waals surface area contributed by atoms with Crippen molar-refractivity contribution < 1.29 is 9.53 Å². The summed E-state index contributed by atoms with van der Waals surface area (Å²) in [6, 6.07) is 10.1. The van der Waals surface area contributed by atoms with Gasteiger partial charge in [0.15, 0.2) is 0 Å². The molecule has 0 radical (unpaired) electrons. The smallest absolute Gasteiger partial charge is 0.329 e. The van der Waals surface area contributed by atoms with E-state index in [0.717, 1.165) is 41.8 Å². The fourth-order valence-electron chi connectivity index (χ4n) is 3.41. The van der Waals surface area contributed by atoms with E-state index >= 15 is 0 Å². The first-order chi connectivity index (χ1) is 11.6. The lowest BCUT2D eigenvalue weighted by Crippen LogP contribution is -2.23. The zero-order valence-corrected chi connectivity index (χ0v) is 15.0. The van der Waals surface area contributed by atoms with Crippen LogP contribution in [0, 0.1) is 6.92 Å². The van der Waals surface area contributed by atoms with Gasteiger partial charge in [-0.2, -0.15) is 0 Å². The van der Waals surface area contributed by atoms with Gasteiger partial charge < -0.3 is 10.1 Å². The van der Waals surface area contributed by atoms with Gasteiger partial charge in [0.1, 0.15) is 5.75 Å². The number of aryl methyl sites for hydroxylation is 2. The predicted octanol–water partition coefficient (Wildman–Crippen LogP) is 4.56. The van der Waals surface area contributed by atoms with Crippen LogP contribution in [0.4, 0.5) is 10.5 Å². The van der Waals surface area contributed by atoms with Gasteiger partial charge in [0, 0.05) is 11.8 Å². The van der Waals surface area contributed by atoms with Crippen molar-refractivity contribution in [3.05, 3.63) is 47.0 Å². The lowest BCUT2D eigenvalue weighted by molar-refractivity contribution is 0.257. The zero-order valence-electron chi connectivity index (χ0n) is 14.2. The Morgan fingerprint density at radius 2 is 2.08 bits per heavy atom. The minimum absolute atomic E-state index is 0.189. The van der Waals surface area contributed by atoms with Crippen LogP contribution in [0.15, 0.2) is 30.3 Å². The third-order valence-corrected chi connectivity index (χ3v) is 4.78. The lowest BCUT2D eigenvalue weighted by Gasteiger charge is -2.19. The molecule has 5 heteroatoms. The summed E-state index contributed by atoms with van der Waals surface area (Å²) in [7, 11) is 1.67. The molecule has 2 aromatic rings. The van der Waals surface area contributed by atoms with Crippen LogP contribution >= 0.6 is 11.9 Å². The highest BCUT2D eigenvalue weighted by atomic mass is 32.2. The number of amides is 2. The van der Waals surface area contributed by atoms with Crippen LogP contribution in [0.1, 0.15) is 23.1 Å². The molecule has 1 aliphatic rings. The molecule has 0 heterocycles. The zero-order chi connectivity index (χ0) is 17.1. The quantitative estimate of drug-likeness (QED) is 0.801. The van der Waals surface area contributed by atoms with Crippen molar-refractivity contribution in [1.29, 1.82) is 0 Å².